The molecule has 162 valence electrons. The molecule has 3 aromatic rings. The van der Waals surface area contributed by atoms with Crippen molar-refractivity contribution in [3.63, 3.8) is 0 Å². The number of ketones is 1. The van der Waals surface area contributed by atoms with Gasteiger partial charge in [-0.15, -0.1) is 0 Å². The van der Waals surface area contributed by atoms with Gasteiger partial charge < -0.3 is 5.11 Å². The lowest BCUT2D eigenvalue weighted by molar-refractivity contribution is -0.132. The third kappa shape index (κ3) is 3.68. The number of aryl methyl sites for hydroxylation is 2. The lowest BCUT2D eigenvalue weighted by Gasteiger charge is -2.26. The van der Waals surface area contributed by atoms with Crippen molar-refractivity contribution < 1.29 is 19.1 Å². The van der Waals surface area contributed by atoms with Crippen LogP contribution in [0.4, 0.5) is 10.1 Å². The van der Waals surface area contributed by atoms with Gasteiger partial charge in [0.15, 0.2) is 0 Å². The van der Waals surface area contributed by atoms with Crippen LogP contribution in [0.5, 0.6) is 0 Å². The minimum absolute atomic E-state index is 0.0737. The maximum Gasteiger partial charge on any atom is 0.300 e. The van der Waals surface area contributed by atoms with Gasteiger partial charge in [-0.2, -0.15) is 0 Å². The summed E-state index contributed by atoms with van der Waals surface area (Å²) in [5.41, 5.74) is 2.11. The highest BCUT2D eigenvalue weighted by molar-refractivity contribution is 6.52. The van der Waals surface area contributed by atoms with E-state index in [9.17, 15) is 19.1 Å². The molecule has 1 unspecified atom stereocenters. The highest BCUT2D eigenvalue weighted by atomic mass is 35.5. The molecule has 4 nitrogen and oxygen atoms in total. The van der Waals surface area contributed by atoms with Gasteiger partial charge in [-0.3, -0.25) is 14.5 Å². The van der Waals surface area contributed by atoms with E-state index >= 15 is 0 Å². The number of hydrogen-bond acceptors (Lipinski definition) is 3. The van der Waals surface area contributed by atoms with E-state index in [-0.39, 0.29) is 32.6 Å². The second kappa shape index (κ2) is 8.41. The summed E-state index contributed by atoms with van der Waals surface area (Å²) in [6, 6.07) is 14.5. The molecule has 7 heteroatoms. The normalized spacial score (nSPS) is 17.8. The molecule has 0 saturated carbocycles. The second-order valence-electron chi connectivity index (χ2n) is 7.61. The van der Waals surface area contributed by atoms with E-state index in [0.29, 0.717) is 11.1 Å². The predicted molar refractivity (Wildman–Crippen MR) is 124 cm³/mol. The number of anilines is 1. The molecule has 1 aliphatic rings. The number of aliphatic hydroxyl groups is 1. The zero-order chi connectivity index (χ0) is 23.2. The first-order valence-electron chi connectivity index (χ1n) is 9.78. The van der Waals surface area contributed by atoms with Gasteiger partial charge in [0.1, 0.15) is 11.6 Å². The molecule has 0 radical (unpaired) electrons. The summed E-state index contributed by atoms with van der Waals surface area (Å²) in [7, 11) is 0. The van der Waals surface area contributed by atoms with Crippen LogP contribution < -0.4 is 4.90 Å². The number of aliphatic hydroxyl groups excluding tert-OH is 1. The number of hydrogen-bond donors (Lipinski definition) is 1. The lowest BCUT2D eigenvalue weighted by atomic mass is 9.93. The molecule has 1 saturated heterocycles. The summed E-state index contributed by atoms with van der Waals surface area (Å²) in [5, 5.41) is 11.7. The van der Waals surface area contributed by atoms with E-state index in [2.05, 4.69) is 0 Å². The van der Waals surface area contributed by atoms with E-state index in [4.69, 9.17) is 23.2 Å². The Balaban J connectivity index is 2.01. The summed E-state index contributed by atoms with van der Waals surface area (Å²) in [4.78, 5) is 27.4. The van der Waals surface area contributed by atoms with Gasteiger partial charge in [0, 0.05) is 16.8 Å². The molecule has 4 rings (SSSR count). The quantitative estimate of drug-likeness (QED) is 0.275. The van der Waals surface area contributed by atoms with Crippen LogP contribution in [-0.2, 0) is 9.59 Å². The number of nitrogens with zero attached hydrogens (tertiary/aromatic N) is 1. The highest BCUT2D eigenvalue weighted by Gasteiger charge is 2.48. The molecule has 1 amide bonds. The van der Waals surface area contributed by atoms with Crippen molar-refractivity contribution in [2.24, 2.45) is 0 Å². The summed E-state index contributed by atoms with van der Waals surface area (Å²) >= 11 is 12.2. The topological polar surface area (TPSA) is 57.6 Å². The molecule has 0 bridgehead atoms. The largest absolute Gasteiger partial charge is 0.507 e. The van der Waals surface area contributed by atoms with Crippen molar-refractivity contribution in [3.8, 4) is 0 Å². The minimum atomic E-state index is -1.19. The standard InChI is InChI=1S/C25H18Cl2FNO3/c1-13-7-8-14(2)17(11-13)23(30)21-22(16-5-3-4-6-20(16)28)29(25(32)24(21)31)15-9-10-18(26)19(27)12-15/h3-12,22,30H,1-2H3/b23-21+. The smallest absolute Gasteiger partial charge is 0.300 e. The average molecular weight is 470 g/mol. The molecule has 1 atom stereocenters. The van der Waals surface area contributed by atoms with Crippen molar-refractivity contribution in [3.05, 3.63) is 104 Å². The van der Waals surface area contributed by atoms with Gasteiger partial charge in [0.25, 0.3) is 11.7 Å². The minimum Gasteiger partial charge on any atom is -0.507 e. The van der Waals surface area contributed by atoms with Gasteiger partial charge in [-0.1, -0.05) is 59.1 Å². The predicted octanol–water partition coefficient (Wildman–Crippen LogP) is 6.38. The average Bonchev–Trinajstić information content (AvgIpc) is 3.02. The molecule has 1 N–H and O–H groups in total. The Bertz CT molecular complexity index is 1300. The molecule has 0 aliphatic carbocycles. The molecular formula is C25H18Cl2FNO3. The van der Waals surface area contributed by atoms with E-state index in [1.54, 1.807) is 25.1 Å². The maximum absolute atomic E-state index is 14.9. The lowest BCUT2D eigenvalue weighted by Crippen LogP contribution is -2.29. The summed E-state index contributed by atoms with van der Waals surface area (Å²) < 4.78 is 14.9. The van der Waals surface area contributed by atoms with E-state index in [0.717, 1.165) is 10.5 Å². The summed E-state index contributed by atoms with van der Waals surface area (Å²) in [5.74, 6) is -2.79. The van der Waals surface area contributed by atoms with Gasteiger partial charge in [0.05, 0.1) is 21.7 Å². The van der Waals surface area contributed by atoms with Gasteiger partial charge >= 0.3 is 0 Å². The summed E-state index contributed by atoms with van der Waals surface area (Å²) in [6.07, 6.45) is 0. The molecule has 0 aromatic heterocycles. The Morgan fingerprint density at radius 3 is 2.38 bits per heavy atom. The first-order valence-corrected chi connectivity index (χ1v) is 10.5. The van der Waals surface area contributed by atoms with E-state index in [1.165, 1.54) is 36.4 Å². The molecule has 0 spiro atoms. The molecule has 1 fully saturated rings. The maximum atomic E-state index is 14.9. The number of halogens is 3. The van der Waals surface area contributed by atoms with Crippen molar-refractivity contribution >= 4 is 46.3 Å². The third-order valence-electron chi connectivity index (χ3n) is 5.47. The van der Waals surface area contributed by atoms with Crippen LogP contribution in [0.15, 0.2) is 66.2 Å². The Morgan fingerprint density at radius 1 is 0.969 bits per heavy atom. The first kappa shape index (κ1) is 22.1. The Hall–Kier alpha value is -3.15. The van der Waals surface area contributed by atoms with Crippen molar-refractivity contribution in [1.29, 1.82) is 0 Å². The fraction of sp³-hybridized carbons (Fsp3) is 0.120. The first-order chi connectivity index (χ1) is 15.2. The SMILES string of the molecule is Cc1ccc(C)c(/C(O)=C2\C(=O)C(=O)N(c3ccc(Cl)c(Cl)c3)C2c2ccccc2F)c1. The molecule has 32 heavy (non-hydrogen) atoms. The van der Waals surface area contributed by atoms with E-state index < -0.39 is 23.5 Å². The molecular weight excluding hydrogens is 452 g/mol. The van der Waals surface area contributed by atoms with Gasteiger partial charge in [-0.05, 0) is 49.7 Å². The monoisotopic (exact) mass is 469 g/mol. The molecule has 1 aliphatic heterocycles. The zero-order valence-electron chi connectivity index (χ0n) is 17.2. The number of carbonyl (C=O) groups excluding carboxylic acids is 2. The Morgan fingerprint density at radius 2 is 1.69 bits per heavy atom. The van der Waals surface area contributed by atoms with Crippen LogP contribution in [0.25, 0.3) is 5.76 Å². The molecule has 1 heterocycles. The Kier molecular flexibility index (Phi) is 5.80. The van der Waals surface area contributed by atoms with Crippen LogP contribution in [0.1, 0.15) is 28.3 Å². The number of benzene rings is 3. The fourth-order valence-corrected chi connectivity index (χ4v) is 4.15. The van der Waals surface area contributed by atoms with Crippen LogP contribution >= 0.6 is 23.2 Å². The number of Topliss-reactive ketones (excluding diaryl/α,β-unsaturated/α-hetero) is 1. The van der Waals surface area contributed by atoms with Gasteiger partial charge in [-0.25, -0.2) is 4.39 Å². The van der Waals surface area contributed by atoms with Crippen LogP contribution in [0, 0.1) is 19.7 Å². The second-order valence-corrected chi connectivity index (χ2v) is 8.42. The zero-order valence-corrected chi connectivity index (χ0v) is 18.7. The number of carbonyl (C=O) groups is 2. The molecule has 3 aromatic carbocycles. The number of amides is 1. The fourth-order valence-electron chi connectivity index (χ4n) is 3.86. The third-order valence-corrected chi connectivity index (χ3v) is 6.21. The highest BCUT2D eigenvalue weighted by Crippen LogP contribution is 2.44. The van der Waals surface area contributed by atoms with Crippen molar-refractivity contribution in [2.75, 3.05) is 4.90 Å². The van der Waals surface area contributed by atoms with Crippen LogP contribution in [0.2, 0.25) is 10.0 Å². The van der Waals surface area contributed by atoms with Crippen molar-refractivity contribution in [1.82, 2.24) is 0 Å². The van der Waals surface area contributed by atoms with Crippen LogP contribution in [0.3, 0.4) is 0 Å². The van der Waals surface area contributed by atoms with Crippen molar-refractivity contribution in [2.45, 2.75) is 19.9 Å². The van der Waals surface area contributed by atoms with E-state index in [1.807, 2.05) is 13.0 Å². The summed E-state index contributed by atoms with van der Waals surface area (Å²) in [6.45, 7) is 3.63. The van der Waals surface area contributed by atoms with Crippen LogP contribution in [-0.4, -0.2) is 16.8 Å². The number of rotatable bonds is 3. The Labute approximate surface area is 194 Å². The van der Waals surface area contributed by atoms with Gasteiger partial charge in [0.2, 0.25) is 0 Å².